The summed E-state index contributed by atoms with van der Waals surface area (Å²) in [4.78, 5) is 0. The van der Waals surface area contributed by atoms with Gasteiger partial charge in [0.2, 0.25) is 0 Å². The topological polar surface area (TPSA) is 17.0 Å². The molecule has 0 saturated heterocycles. The number of aromatic nitrogens is 1. The molecule has 1 aliphatic rings. The molecule has 3 aromatic carbocycles. The van der Waals surface area contributed by atoms with Crippen molar-refractivity contribution in [2.45, 2.75) is 52.9 Å². The van der Waals surface area contributed by atoms with Gasteiger partial charge in [-0.15, -0.1) is 0 Å². The van der Waals surface area contributed by atoms with E-state index in [0.717, 1.165) is 12.2 Å². The predicted octanol–water partition coefficient (Wildman–Crippen LogP) is 9.92. The molecule has 0 fully saturated rings. The summed E-state index contributed by atoms with van der Waals surface area (Å²) in [6.07, 6.45) is 6.81. The molecule has 40 heavy (non-hydrogen) atoms. The molecule has 0 amide bonds. The SMILES string of the molecule is C=C([C@H](C)c1ccccc1C1=CC=C(C(C)C)CN1)n1cc(C(C)(C)C)cc1-c1cccc(-c2ccccc2)c1. The van der Waals surface area contributed by atoms with Crippen LogP contribution in [0.25, 0.3) is 33.8 Å². The molecule has 2 heteroatoms. The number of hydrogen-bond donors (Lipinski definition) is 1. The van der Waals surface area contributed by atoms with E-state index >= 15 is 0 Å². The first-order chi connectivity index (χ1) is 19.1. The maximum absolute atomic E-state index is 4.70. The molecule has 2 nitrogen and oxygen atoms in total. The van der Waals surface area contributed by atoms with E-state index in [1.165, 1.54) is 50.3 Å². The Hall–Kier alpha value is -4.04. The number of nitrogens with zero attached hydrogens (tertiary/aromatic N) is 1. The van der Waals surface area contributed by atoms with Crippen molar-refractivity contribution in [3.05, 3.63) is 132 Å². The van der Waals surface area contributed by atoms with Gasteiger partial charge in [0, 0.05) is 35.6 Å². The molecule has 204 valence electrons. The summed E-state index contributed by atoms with van der Waals surface area (Å²) < 4.78 is 2.32. The molecule has 1 N–H and O–H groups in total. The molecule has 0 radical (unpaired) electrons. The normalized spacial score (nSPS) is 14.4. The molecule has 0 bridgehead atoms. The van der Waals surface area contributed by atoms with Crippen LogP contribution in [-0.2, 0) is 5.41 Å². The predicted molar refractivity (Wildman–Crippen MR) is 173 cm³/mol. The highest BCUT2D eigenvalue weighted by Gasteiger charge is 2.24. The summed E-state index contributed by atoms with van der Waals surface area (Å²) in [5.74, 6) is 0.662. The van der Waals surface area contributed by atoms with Crippen LogP contribution >= 0.6 is 0 Å². The summed E-state index contributed by atoms with van der Waals surface area (Å²) >= 11 is 0. The molecular formula is C38H42N2. The lowest BCUT2D eigenvalue weighted by Gasteiger charge is -2.25. The van der Waals surface area contributed by atoms with Crippen LogP contribution in [0.2, 0.25) is 0 Å². The Morgan fingerprint density at radius 2 is 1.48 bits per heavy atom. The van der Waals surface area contributed by atoms with Gasteiger partial charge in [0.25, 0.3) is 0 Å². The van der Waals surface area contributed by atoms with E-state index in [1.807, 2.05) is 0 Å². The van der Waals surface area contributed by atoms with Gasteiger partial charge in [-0.1, -0.05) is 127 Å². The molecule has 1 aliphatic heterocycles. The molecule has 5 rings (SSSR count). The Bertz CT molecular complexity index is 1570. The van der Waals surface area contributed by atoms with E-state index in [1.54, 1.807) is 0 Å². The molecule has 1 atom stereocenters. The first kappa shape index (κ1) is 27.5. The molecular weight excluding hydrogens is 484 g/mol. The quantitative estimate of drug-likeness (QED) is 0.253. The lowest BCUT2D eigenvalue weighted by Crippen LogP contribution is -2.22. The Morgan fingerprint density at radius 3 is 2.15 bits per heavy atom. The summed E-state index contributed by atoms with van der Waals surface area (Å²) in [5.41, 5.74) is 12.3. The van der Waals surface area contributed by atoms with Gasteiger partial charge in [-0.05, 0) is 62.9 Å². The second kappa shape index (κ2) is 11.2. The van der Waals surface area contributed by atoms with Crippen LogP contribution in [0.1, 0.15) is 64.2 Å². The number of benzene rings is 3. The van der Waals surface area contributed by atoms with Crippen molar-refractivity contribution in [3.8, 4) is 22.4 Å². The number of nitrogens with one attached hydrogen (secondary N) is 1. The molecule has 0 unspecified atom stereocenters. The average Bonchev–Trinajstić information content (AvgIpc) is 3.43. The van der Waals surface area contributed by atoms with Gasteiger partial charge < -0.3 is 9.88 Å². The van der Waals surface area contributed by atoms with Crippen LogP contribution in [0.3, 0.4) is 0 Å². The fourth-order valence-electron chi connectivity index (χ4n) is 5.42. The zero-order valence-electron chi connectivity index (χ0n) is 24.8. The van der Waals surface area contributed by atoms with Crippen molar-refractivity contribution in [2.75, 3.05) is 6.54 Å². The smallest absolute Gasteiger partial charge is 0.0528 e. The molecule has 1 aromatic heterocycles. The number of allylic oxidation sites excluding steroid dienone is 3. The van der Waals surface area contributed by atoms with Crippen molar-refractivity contribution >= 4 is 11.4 Å². The van der Waals surface area contributed by atoms with E-state index in [0.29, 0.717) is 5.92 Å². The first-order valence-electron chi connectivity index (χ1n) is 14.5. The van der Waals surface area contributed by atoms with Gasteiger partial charge in [-0.3, -0.25) is 0 Å². The standard InChI is InChI=1S/C38H42N2/c1-26(2)32-20-21-36(39-24-32)35-19-12-11-18-34(35)27(3)28(4)40-25-33(38(5,6)7)23-37(40)31-17-13-16-30(22-31)29-14-9-8-10-15-29/h8-23,25-27,39H,4,24H2,1-3,5-7H3/t27-/m0/s1. The van der Waals surface area contributed by atoms with Crippen LogP contribution in [0.5, 0.6) is 0 Å². The molecule has 0 spiro atoms. The zero-order chi connectivity index (χ0) is 28.4. The third-order valence-corrected chi connectivity index (χ3v) is 8.17. The fraction of sp³-hybridized carbons (Fsp3) is 0.263. The Kier molecular flexibility index (Phi) is 7.72. The highest BCUT2D eigenvalue weighted by atomic mass is 15.0. The van der Waals surface area contributed by atoms with E-state index in [2.05, 4.69) is 155 Å². The van der Waals surface area contributed by atoms with Gasteiger partial charge in [0.1, 0.15) is 0 Å². The van der Waals surface area contributed by atoms with Crippen LogP contribution in [0.4, 0.5) is 0 Å². The zero-order valence-corrected chi connectivity index (χ0v) is 24.8. The lowest BCUT2D eigenvalue weighted by molar-refractivity contribution is 0.590. The highest BCUT2D eigenvalue weighted by molar-refractivity contribution is 5.77. The summed E-state index contributed by atoms with van der Waals surface area (Å²) in [6.45, 7) is 19.2. The lowest BCUT2D eigenvalue weighted by atomic mass is 9.89. The highest BCUT2D eigenvalue weighted by Crippen LogP contribution is 2.38. The Balaban J connectivity index is 1.56. The number of hydrogen-bond acceptors (Lipinski definition) is 1. The van der Waals surface area contributed by atoms with Crippen LogP contribution in [-0.4, -0.2) is 11.1 Å². The maximum atomic E-state index is 4.70. The molecule has 0 aliphatic carbocycles. The maximum Gasteiger partial charge on any atom is 0.0528 e. The number of rotatable bonds is 7. The third-order valence-electron chi connectivity index (χ3n) is 8.17. The van der Waals surface area contributed by atoms with Crippen LogP contribution in [0.15, 0.2) is 115 Å². The molecule has 2 heterocycles. The Labute approximate surface area is 240 Å². The fourth-order valence-corrected chi connectivity index (χ4v) is 5.42. The van der Waals surface area contributed by atoms with Gasteiger partial charge >= 0.3 is 0 Å². The van der Waals surface area contributed by atoms with Gasteiger partial charge in [0.05, 0.1) is 5.69 Å². The van der Waals surface area contributed by atoms with E-state index < -0.39 is 0 Å². The second-order valence-electron chi connectivity index (χ2n) is 12.3. The summed E-state index contributed by atoms with van der Waals surface area (Å²) in [5, 5.41) is 3.68. The van der Waals surface area contributed by atoms with Crippen LogP contribution < -0.4 is 5.32 Å². The van der Waals surface area contributed by atoms with Crippen molar-refractivity contribution in [3.63, 3.8) is 0 Å². The van der Waals surface area contributed by atoms with E-state index in [9.17, 15) is 0 Å². The van der Waals surface area contributed by atoms with Crippen molar-refractivity contribution in [1.29, 1.82) is 0 Å². The molecule has 4 aromatic rings. The largest absolute Gasteiger partial charge is 0.381 e. The monoisotopic (exact) mass is 526 g/mol. The first-order valence-corrected chi connectivity index (χ1v) is 14.5. The minimum atomic E-state index is 0.0236. The average molecular weight is 527 g/mol. The molecule has 0 saturated carbocycles. The minimum absolute atomic E-state index is 0.0236. The Morgan fingerprint density at radius 1 is 0.800 bits per heavy atom. The van der Waals surface area contributed by atoms with Gasteiger partial charge in [0.15, 0.2) is 0 Å². The van der Waals surface area contributed by atoms with Crippen LogP contribution in [0, 0.1) is 5.92 Å². The summed E-state index contributed by atoms with van der Waals surface area (Å²) in [6, 6.07) is 30.6. The number of dihydropyridines is 1. The van der Waals surface area contributed by atoms with Crippen molar-refractivity contribution < 1.29 is 0 Å². The van der Waals surface area contributed by atoms with Gasteiger partial charge in [-0.2, -0.15) is 0 Å². The van der Waals surface area contributed by atoms with Gasteiger partial charge in [-0.25, -0.2) is 0 Å². The van der Waals surface area contributed by atoms with Crippen molar-refractivity contribution in [1.82, 2.24) is 9.88 Å². The van der Waals surface area contributed by atoms with Crippen molar-refractivity contribution in [2.24, 2.45) is 5.92 Å². The minimum Gasteiger partial charge on any atom is -0.381 e. The second-order valence-corrected chi connectivity index (χ2v) is 12.3. The summed E-state index contributed by atoms with van der Waals surface area (Å²) in [7, 11) is 0. The van der Waals surface area contributed by atoms with E-state index in [-0.39, 0.29) is 11.3 Å². The third kappa shape index (κ3) is 5.63. The van der Waals surface area contributed by atoms with E-state index in [4.69, 9.17) is 6.58 Å².